The summed E-state index contributed by atoms with van der Waals surface area (Å²) in [6, 6.07) is 19.4. The highest BCUT2D eigenvalue weighted by molar-refractivity contribution is 7.18. The molecule has 0 saturated carbocycles. The number of amides is 1. The number of hydrogen-bond acceptors (Lipinski definition) is 4. The third kappa shape index (κ3) is 4.83. The van der Waals surface area contributed by atoms with Crippen molar-refractivity contribution in [3.05, 3.63) is 76.7 Å². The molecule has 0 saturated heterocycles. The average molecular weight is 379 g/mol. The Hall–Kier alpha value is -2.92. The molecule has 0 radical (unpaired) electrons. The fourth-order valence-electron chi connectivity index (χ4n) is 2.66. The van der Waals surface area contributed by atoms with E-state index in [-0.39, 0.29) is 18.9 Å². The molecular weight excluding hydrogens is 358 g/mol. The van der Waals surface area contributed by atoms with E-state index in [1.807, 2.05) is 67.6 Å². The predicted octanol–water partition coefficient (Wildman–Crippen LogP) is 5.08. The van der Waals surface area contributed by atoms with Crippen LogP contribution in [0.4, 0.5) is 5.69 Å². The van der Waals surface area contributed by atoms with Gasteiger partial charge in [-0.1, -0.05) is 60.2 Å². The van der Waals surface area contributed by atoms with Gasteiger partial charge in [-0.05, 0) is 31.0 Å². The Morgan fingerprint density at radius 1 is 1.04 bits per heavy atom. The molecule has 2 aromatic carbocycles. The van der Waals surface area contributed by atoms with E-state index < -0.39 is 5.97 Å². The van der Waals surface area contributed by atoms with Crippen LogP contribution in [0.15, 0.2) is 60.7 Å². The first-order valence-corrected chi connectivity index (χ1v) is 9.60. The second-order valence-electron chi connectivity index (χ2n) is 6.15. The van der Waals surface area contributed by atoms with Gasteiger partial charge in [-0.3, -0.25) is 4.79 Å². The number of rotatable bonds is 6. The summed E-state index contributed by atoms with van der Waals surface area (Å²) in [4.78, 5) is 26.1. The second kappa shape index (κ2) is 8.64. The van der Waals surface area contributed by atoms with E-state index in [9.17, 15) is 9.59 Å². The van der Waals surface area contributed by atoms with Gasteiger partial charge in [-0.15, -0.1) is 11.3 Å². The molecule has 3 rings (SSSR count). The number of anilines is 1. The van der Waals surface area contributed by atoms with Crippen LogP contribution in [0, 0.1) is 6.92 Å². The first kappa shape index (κ1) is 18.9. The molecule has 0 spiro atoms. The molecule has 1 N–H and O–H groups in total. The topological polar surface area (TPSA) is 55.4 Å². The van der Waals surface area contributed by atoms with Gasteiger partial charge in [0.05, 0.1) is 18.7 Å². The van der Waals surface area contributed by atoms with Crippen molar-refractivity contribution in [3.63, 3.8) is 0 Å². The van der Waals surface area contributed by atoms with Gasteiger partial charge in [0.2, 0.25) is 5.91 Å². The number of carbonyl (C=O) groups is 2. The first-order chi connectivity index (χ1) is 13.1. The van der Waals surface area contributed by atoms with Crippen LogP contribution in [0.25, 0.3) is 10.4 Å². The Morgan fingerprint density at radius 3 is 2.41 bits per heavy atom. The molecule has 0 bridgehead atoms. The maximum absolute atomic E-state index is 12.5. The highest BCUT2D eigenvalue weighted by Crippen LogP contribution is 2.35. The van der Waals surface area contributed by atoms with Crippen molar-refractivity contribution in [2.24, 2.45) is 0 Å². The van der Waals surface area contributed by atoms with Gasteiger partial charge in [0.15, 0.2) is 0 Å². The lowest BCUT2D eigenvalue weighted by Crippen LogP contribution is -2.16. The zero-order valence-electron chi connectivity index (χ0n) is 15.3. The van der Waals surface area contributed by atoms with Crippen LogP contribution in [0.1, 0.15) is 27.7 Å². The zero-order valence-corrected chi connectivity index (χ0v) is 16.1. The molecule has 0 aliphatic carbocycles. The minimum Gasteiger partial charge on any atom is -0.462 e. The Kier molecular flexibility index (Phi) is 6.04. The first-order valence-electron chi connectivity index (χ1n) is 8.78. The SMILES string of the molecule is CCOC(=O)c1sc(-c2ccccc2)cc1NC(=O)Cc1ccc(C)cc1. The van der Waals surface area contributed by atoms with E-state index in [1.54, 1.807) is 6.92 Å². The maximum atomic E-state index is 12.5. The average Bonchev–Trinajstić information content (AvgIpc) is 3.08. The van der Waals surface area contributed by atoms with Crippen LogP contribution < -0.4 is 5.32 Å². The quantitative estimate of drug-likeness (QED) is 0.608. The summed E-state index contributed by atoms with van der Waals surface area (Å²) in [6.07, 6.45) is 0.249. The molecule has 0 fully saturated rings. The monoisotopic (exact) mass is 379 g/mol. The molecule has 4 nitrogen and oxygen atoms in total. The second-order valence-corrected chi connectivity index (χ2v) is 7.20. The summed E-state index contributed by atoms with van der Waals surface area (Å²) in [6.45, 7) is 4.05. The molecule has 1 amide bonds. The van der Waals surface area contributed by atoms with Gasteiger partial charge >= 0.3 is 5.97 Å². The third-order valence-corrected chi connectivity index (χ3v) is 5.17. The van der Waals surface area contributed by atoms with Crippen LogP contribution in [0.3, 0.4) is 0 Å². The van der Waals surface area contributed by atoms with E-state index in [0.717, 1.165) is 21.6 Å². The van der Waals surface area contributed by atoms with Gasteiger partial charge in [-0.2, -0.15) is 0 Å². The number of esters is 1. The Balaban J connectivity index is 1.83. The smallest absolute Gasteiger partial charge is 0.350 e. The van der Waals surface area contributed by atoms with Crippen molar-refractivity contribution in [2.75, 3.05) is 11.9 Å². The fourth-order valence-corrected chi connectivity index (χ4v) is 3.68. The van der Waals surface area contributed by atoms with E-state index in [4.69, 9.17) is 4.74 Å². The largest absolute Gasteiger partial charge is 0.462 e. The number of nitrogens with one attached hydrogen (secondary N) is 1. The van der Waals surface area contributed by atoms with Crippen molar-refractivity contribution in [1.82, 2.24) is 0 Å². The van der Waals surface area contributed by atoms with Crippen LogP contribution in [0.5, 0.6) is 0 Å². The normalized spacial score (nSPS) is 10.4. The Labute approximate surface area is 162 Å². The molecule has 3 aromatic rings. The molecule has 0 aliphatic rings. The van der Waals surface area contributed by atoms with Crippen molar-refractivity contribution in [1.29, 1.82) is 0 Å². The Morgan fingerprint density at radius 2 is 1.74 bits per heavy atom. The molecule has 0 atom stereocenters. The van der Waals surface area contributed by atoms with E-state index in [1.165, 1.54) is 11.3 Å². The van der Waals surface area contributed by atoms with Gasteiger partial charge in [0, 0.05) is 4.88 Å². The molecule has 0 aliphatic heterocycles. The van der Waals surface area contributed by atoms with Crippen LogP contribution >= 0.6 is 11.3 Å². The molecule has 0 unspecified atom stereocenters. The lowest BCUT2D eigenvalue weighted by atomic mass is 10.1. The van der Waals surface area contributed by atoms with Gasteiger partial charge < -0.3 is 10.1 Å². The van der Waals surface area contributed by atoms with Gasteiger partial charge in [0.25, 0.3) is 0 Å². The minimum absolute atomic E-state index is 0.165. The molecule has 5 heteroatoms. The summed E-state index contributed by atoms with van der Waals surface area (Å²) in [5, 5.41) is 2.87. The van der Waals surface area contributed by atoms with Crippen molar-refractivity contribution < 1.29 is 14.3 Å². The lowest BCUT2D eigenvalue weighted by Gasteiger charge is -2.06. The number of benzene rings is 2. The summed E-state index contributed by atoms with van der Waals surface area (Å²) >= 11 is 1.32. The number of thiophene rings is 1. The molecular formula is C22H21NO3S. The van der Waals surface area contributed by atoms with E-state index in [2.05, 4.69) is 5.32 Å². The predicted molar refractivity (Wildman–Crippen MR) is 109 cm³/mol. The fraction of sp³-hybridized carbons (Fsp3) is 0.182. The van der Waals surface area contributed by atoms with E-state index >= 15 is 0 Å². The standard InChI is InChI=1S/C22H21NO3S/c1-3-26-22(25)21-18(14-19(27-21)17-7-5-4-6-8-17)23-20(24)13-16-11-9-15(2)10-12-16/h4-12,14H,3,13H2,1-2H3,(H,23,24). The van der Waals surface area contributed by atoms with Crippen molar-refractivity contribution in [2.45, 2.75) is 20.3 Å². The van der Waals surface area contributed by atoms with Gasteiger partial charge in [-0.25, -0.2) is 4.79 Å². The summed E-state index contributed by atoms with van der Waals surface area (Å²) < 4.78 is 5.15. The molecule has 1 aromatic heterocycles. The molecule has 27 heavy (non-hydrogen) atoms. The molecule has 1 heterocycles. The van der Waals surface area contributed by atoms with Crippen molar-refractivity contribution in [3.8, 4) is 10.4 Å². The van der Waals surface area contributed by atoms with Crippen LogP contribution in [-0.4, -0.2) is 18.5 Å². The highest BCUT2D eigenvalue weighted by atomic mass is 32.1. The summed E-state index contributed by atoms with van der Waals surface area (Å²) in [5.74, 6) is -0.586. The van der Waals surface area contributed by atoms with Gasteiger partial charge in [0.1, 0.15) is 4.88 Å². The summed E-state index contributed by atoms with van der Waals surface area (Å²) in [5.41, 5.74) is 3.56. The van der Waals surface area contributed by atoms with Crippen LogP contribution in [-0.2, 0) is 16.0 Å². The number of aryl methyl sites for hydroxylation is 1. The number of hydrogen-bond donors (Lipinski definition) is 1. The lowest BCUT2D eigenvalue weighted by molar-refractivity contribution is -0.115. The maximum Gasteiger partial charge on any atom is 0.350 e. The third-order valence-electron chi connectivity index (χ3n) is 4.01. The highest BCUT2D eigenvalue weighted by Gasteiger charge is 2.20. The number of ether oxygens (including phenoxy) is 1. The molecule has 138 valence electrons. The van der Waals surface area contributed by atoms with E-state index in [0.29, 0.717) is 10.6 Å². The van der Waals surface area contributed by atoms with Crippen molar-refractivity contribution >= 4 is 28.9 Å². The zero-order chi connectivity index (χ0) is 19.2. The van der Waals surface area contributed by atoms with Crippen LogP contribution in [0.2, 0.25) is 0 Å². The number of carbonyl (C=O) groups excluding carboxylic acids is 2. The Bertz CT molecular complexity index is 930. The summed E-state index contributed by atoms with van der Waals surface area (Å²) in [7, 11) is 0. The minimum atomic E-state index is -0.421.